The molecule has 1 aromatic carbocycles. The number of hydrogen-bond acceptors (Lipinski definition) is 10. The van der Waals surface area contributed by atoms with Gasteiger partial charge in [0.1, 0.15) is 24.8 Å². The number of aryl methyl sites for hydroxylation is 1. The monoisotopic (exact) mass is 495 g/mol. The maximum Gasteiger partial charge on any atom is 0.264 e. The van der Waals surface area contributed by atoms with Gasteiger partial charge in [0.15, 0.2) is 5.82 Å². The average molecular weight is 496 g/mol. The number of anilines is 3. The molecule has 35 heavy (non-hydrogen) atoms. The van der Waals surface area contributed by atoms with Crippen molar-refractivity contribution in [2.75, 3.05) is 28.0 Å². The van der Waals surface area contributed by atoms with Crippen LogP contribution in [-0.4, -0.2) is 57.3 Å². The van der Waals surface area contributed by atoms with Crippen LogP contribution in [0, 0.1) is 19.8 Å². The Kier molecular flexibility index (Phi) is 5.64. The van der Waals surface area contributed by atoms with Crippen molar-refractivity contribution in [2.45, 2.75) is 18.7 Å². The van der Waals surface area contributed by atoms with Crippen LogP contribution in [0.15, 0.2) is 58.7 Å². The molecular weight excluding hydrogens is 474 g/mol. The van der Waals surface area contributed by atoms with E-state index in [1.165, 1.54) is 41.6 Å². The van der Waals surface area contributed by atoms with Gasteiger partial charge in [-0.3, -0.25) is 4.79 Å². The Balaban J connectivity index is 1.18. The SMILES string of the molecule is Cc1noc(NS(=O)(=O)c2ccc(NC(=O)C3CN(c4cc(-n5cncn5)ncn4)C3)cc2)c1C. The van der Waals surface area contributed by atoms with Crippen LogP contribution >= 0.6 is 0 Å². The number of carbonyl (C=O) groups excluding carboxylic acids is 1. The van der Waals surface area contributed by atoms with Crippen LogP contribution in [0.3, 0.4) is 0 Å². The number of benzene rings is 1. The number of amides is 1. The molecule has 0 aliphatic carbocycles. The van der Waals surface area contributed by atoms with Crippen LogP contribution in [0.4, 0.5) is 17.4 Å². The van der Waals surface area contributed by atoms with Crippen LogP contribution in [0.5, 0.6) is 0 Å². The van der Waals surface area contributed by atoms with Crippen LogP contribution in [0.1, 0.15) is 11.3 Å². The zero-order chi connectivity index (χ0) is 24.6. The minimum absolute atomic E-state index is 0.0331. The van der Waals surface area contributed by atoms with E-state index in [9.17, 15) is 13.2 Å². The van der Waals surface area contributed by atoms with Crippen molar-refractivity contribution in [3.63, 3.8) is 0 Å². The van der Waals surface area contributed by atoms with Gasteiger partial charge in [0.25, 0.3) is 10.0 Å². The smallest absolute Gasteiger partial charge is 0.264 e. The highest BCUT2D eigenvalue weighted by atomic mass is 32.2. The van der Waals surface area contributed by atoms with Gasteiger partial charge in [0.2, 0.25) is 11.8 Å². The van der Waals surface area contributed by atoms with E-state index in [-0.39, 0.29) is 22.6 Å². The molecule has 5 rings (SSSR count). The molecule has 0 radical (unpaired) electrons. The van der Waals surface area contributed by atoms with Gasteiger partial charge in [-0.25, -0.2) is 32.8 Å². The second-order valence-corrected chi connectivity index (χ2v) is 9.70. The fourth-order valence-corrected chi connectivity index (χ4v) is 4.49. The van der Waals surface area contributed by atoms with Crippen molar-refractivity contribution in [2.24, 2.45) is 5.92 Å². The second kappa shape index (κ2) is 8.79. The molecule has 1 aliphatic heterocycles. The third-order valence-electron chi connectivity index (χ3n) is 5.68. The summed E-state index contributed by atoms with van der Waals surface area (Å²) in [5.74, 6) is 0.953. The summed E-state index contributed by atoms with van der Waals surface area (Å²) < 4.78 is 34.2. The Bertz CT molecular complexity index is 1460. The molecule has 4 heterocycles. The van der Waals surface area contributed by atoms with Crippen molar-refractivity contribution in [1.29, 1.82) is 0 Å². The molecule has 180 valence electrons. The van der Waals surface area contributed by atoms with E-state index in [0.29, 0.717) is 41.7 Å². The average Bonchev–Trinajstić information content (AvgIpc) is 3.45. The molecule has 0 atom stereocenters. The second-order valence-electron chi connectivity index (χ2n) is 8.02. The lowest BCUT2D eigenvalue weighted by Crippen LogP contribution is -2.52. The first-order valence-corrected chi connectivity index (χ1v) is 12.1. The molecule has 1 fully saturated rings. The number of hydrogen-bond donors (Lipinski definition) is 2. The molecule has 0 bridgehead atoms. The third-order valence-corrected chi connectivity index (χ3v) is 7.03. The Morgan fingerprint density at radius 2 is 1.83 bits per heavy atom. The van der Waals surface area contributed by atoms with Gasteiger partial charge in [-0.2, -0.15) is 5.10 Å². The number of rotatable bonds is 7. The molecule has 3 aromatic heterocycles. The van der Waals surface area contributed by atoms with E-state index in [1.54, 1.807) is 26.2 Å². The summed E-state index contributed by atoms with van der Waals surface area (Å²) in [6.07, 6.45) is 4.40. The van der Waals surface area contributed by atoms with Gasteiger partial charge in [-0.1, -0.05) is 5.16 Å². The van der Waals surface area contributed by atoms with E-state index in [2.05, 4.69) is 35.2 Å². The summed E-state index contributed by atoms with van der Waals surface area (Å²) in [6.45, 7) is 4.42. The van der Waals surface area contributed by atoms with Crippen molar-refractivity contribution in [3.8, 4) is 5.82 Å². The van der Waals surface area contributed by atoms with E-state index >= 15 is 0 Å². The first-order chi connectivity index (χ1) is 16.8. The Labute approximate surface area is 200 Å². The summed E-state index contributed by atoms with van der Waals surface area (Å²) in [6, 6.07) is 7.68. The lowest BCUT2D eigenvalue weighted by molar-refractivity contribution is -0.120. The predicted octanol–water partition coefficient (Wildman–Crippen LogP) is 1.54. The van der Waals surface area contributed by atoms with Gasteiger partial charge in [-0.15, -0.1) is 0 Å². The standard InChI is InChI=1S/C21H21N9O4S/c1-13-14(2)27-34-21(13)28-35(32,33)17-5-3-16(4-6-17)26-20(31)15-8-29(9-15)18-7-19(24-11-23-18)30-12-22-10-25-30/h3-7,10-12,15,28H,8-9H2,1-2H3,(H,26,31). The largest absolute Gasteiger partial charge is 0.355 e. The molecule has 0 saturated carbocycles. The first kappa shape index (κ1) is 22.5. The van der Waals surface area contributed by atoms with Gasteiger partial charge < -0.3 is 14.7 Å². The molecule has 2 N–H and O–H groups in total. The summed E-state index contributed by atoms with van der Waals surface area (Å²) >= 11 is 0. The Morgan fingerprint density at radius 1 is 1.09 bits per heavy atom. The van der Waals surface area contributed by atoms with Crippen LogP contribution < -0.4 is 14.9 Å². The summed E-state index contributed by atoms with van der Waals surface area (Å²) in [4.78, 5) is 27.0. The number of nitrogens with one attached hydrogen (secondary N) is 2. The molecule has 1 amide bonds. The zero-order valence-electron chi connectivity index (χ0n) is 18.8. The fourth-order valence-electron chi connectivity index (χ4n) is 3.45. The number of nitrogens with zero attached hydrogens (tertiary/aromatic N) is 7. The van der Waals surface area contributed by atoms with Crippen molar-refractivity contribution in [3.05, 3.63) is 60.6 Å². The van der Waals surface area contributed by atoms with Crippen LogP contribution in [-0.2, 0) is 14.8 Å². The normalized spacial score (nSPS) is 13.9. The van der Waals surface area contributed by atoms with Gasteiger partial charge in [-0.05, 0) is 38.1 Å². The molecule has 4 aromatic rings. The van der Waals surface area contributed by atoms with Gasteiger partial charge >= 0.3 is 0 Å². The highest BCUT2D eigenvalue weighted by molar-refractivity contribution is 7.92. The first-order valence-electron chi connectivity index (χ1n) is 10.6. The molecule has 0 spiro atoms. The summed E-state index contributed by atoms with van der Waals surface area (Å²) in [5, 5.41) is 10.6. The van der Waals surface area contributed by atoms with E-state index < -0.39 is 10.0 Å². The lowest BCUT2D eigenvalue weighted by Gasteiger charge is -2.39. The molecule has 1 saturated heterocycles. The van der Waals surface area contributed by atoms with Gasteiger partial charge in [0, 0.05) is 30.4 Å². The quantitative estimate of drug-likeness (QED) is 0.385. The number of carbonyl (C=O) groups is 1. The predicted molar refractivity (Wildman–Crippen MR) is 125 cm³/mol. The molecule has 0 unspecified atom stereocenters. The van der Waals surface area contributed by atoms with E-state index in [1.807, 2.05) is 4.90 Å². The minimum atomic E-state index is -3.86. The van der Waals surface area contributed by atoms with Crippen molar-refractivity contribution >= 4 is 33.3 Å². The highest BCUT2D eigenvalue weighted by Crippen LogP contribution is 2.26. The molecule has 14 heteroatoms. The minimum Gasteiger partial charge on any atom is -0.355 e. The highest BCUT2D eigenvalue weighted by Gasteiger charge is 2.34. The van der Waals surface area contributed by atoms with Gasteiger partial charge in [0.05, 0.1) is 16.5 Å². The lowest BCUT2D eigenvalue weighted by atomic mass is 9.99. The molecular formula is C21H21N9O4S. The van der Waals surface area contributed by atoms with Crippen LogP contribution in [0.2, 0.25) is 0 Å². The topological polar surface area (TPSA) is 161 Å². The van der Waals surface area contributed by atoms with E-state index in [0.717, 1.165) is 0 Å². The maximum absolute atomic E-state index is 12.6. The van der Waals surface area contributed by atoms with Crippen molar-refractivity contribution in [1.82, 2.24) is 29.9 Å². The molecule has 13 nitrogen and oxygen atoms in total. The zero-order valence-corrected chi connectivity index (χ0v) is 19.6. The van der Waals surface area contributed by atoms with E-state index in [4.69, 9.17) is 4.52 Å². The Hall–Kier alpha value is -4.33. The summed E-state index contributed by atoms with van der Waals surface area (Å²) in [7, 11) is -3.86. The number of sulfonamides is 1. The number of aromatic nitrogens is 6. The molecule has 1 aliphatic rings. The van der Waals surface area contributed by atoms with Crippen LogP contribution in [0.25, 0.3) is 5.82 Å². The maximum atomic E-state index is 12.6. The fraction of sp³-hybridized carbons (Fsp3) is 0.238. The van der Waals surface area contributed by atoms with Crippen molar-refractivity contribution < 1.29 is 17.7 Å². The Morgan fingerprint density at radius 3 is 2.49 bits per heavy atom. The summed E-state index contributed by atoms with van der Waals surface area (Å²) in [5.41, 5.74) is 1.71. The third kappa shape index (κ3) is 4.55.